The van der Waals surface area contributed by atoms with Gasteiger partial charge in [-0.2, -0.15) is 5.10 Å². The van der Waals surface area contributed by atoms with Gasteiger partial charge in [0.2, 0.25) is 0 Å². The third-order valence-electron chi connectivity index (χ3n) is 4.23. The molecule has 0 saturated heterocycles. The molecule has 2 aliphatic rings. The van der Waals surface area contributed by atoms with Crippen LogP contribution in [-0.2, 0) is 13.5 Å². The van der Waals surface area contributed by atoms with E-state index in [4.69, 9.17) is 5.73 Å². The summed E-state index contributed by atoms with van der Waals surface area (Å²) in [6.07, 6.45) is 9.41. The topological polar surface area (TPSA) is 43.8 Å². The Morgan fingerprint density at radius 3 is 2.80 bits per heavy atom. The second-order valence-corrected chi connectivity index (χ2v) is 5.57. The van der Waals surface area contributed by atoms with Gasteiger partial charge in [0.15, 0.2) is 0 Å². The minimum atomic E-state index is 0.399. The molecule has 2 N–H and O–H groups in total. The Balaban J connectivity index is 1.75. The monoisotopic (exact) mass is 205 g/mol. The summed E-state index contributed by atoms with van der Waals surface area (Å²) in [6.45, 7) is 0.842. The minimum Gasteiger partial charge on any atom is -0.330 e. The smallest absolute Gasteiger partial charge is 0.0521 e. The summed E-state index contributed by atoms with van der Waals surface area (Å²) < 4.78 is 1.88. The minimum absolute atomic E-state index is 0.399. The van der Waals surface area contributed by atoms with E-state index in [1.54, 1.807) is 0 Å². The summed E-state index contributed by atoms with van der Waals surface area (Å²) in [4.78, 5) is 0. The molecule has 1 heterocycles. The van der Waals surface area contributed by atoms with Gasteiger partial charge >= 0.3 is 0 Å². The first kappa shape index (κ1) is 9.40. The van der Waals surface area contributed by atoms with E-state index in [2.05, 4.69) is 11.3 Å². The van der Waals surface area contributed by atoms with Crippen LogP contribution in [-0.4, -0.2) is 16.3 Å². The van der Waals surface area contributed by atoms with Gasteiger partial charge in [0, 0.05) is 13.2 Å². The highest BCUT2D eigenvalue weighted by molar-refractivity contribution is 5.13. The summed E-state index contributed by atoms with van der Waals surface area (Å²) in [5.41, 5.74) is 7.73. The summed E-state index contributed by atoms with van der Waals surface area (Å²) in [6, 6.07) is 0. The Hall–Kier alpha value is -0.830. The highest BCUT2D eigenvalue weighted by Crippen LogP contribution is 2.60. The van der Waals surface area contributed by atoms with Crippen molar-refractivity contribution < 1.29 is 0 Å². The lowest BCUT2D eigenvalue weighted by atomic mass is 9.78. The van der Waals surface area contributed by atoms with Crippen LogP contribution < -0.4 is 5.73 Å². The maximum atomic E-state index is 5.98. The second-order valence-electron chi connectivity index (χ2n) is 5.57. The number of aromatic nitrogens is 2. The van der Waals surface area contributed by atoms with Crippen molar-refractivity contribution in [1.82, 2.24) is 9.78 Å². The molecule has 3 heteroatoms. The quantitative estimate of drug-likeness (QED) is 0.809. The standard InChI is InChI=1S/C12H19N3/c1-15-7-9(6-14-15)3-12(8-13)4-10-2-11(10)5-12/h6-7,10-11H,2-5,8,13H2,1H3. The fraction of sp³-hybridized carbons (Fsp3) is 0.750. The highest BCUT2D eigenvalue weighted by atomic mass is 15.2. The molecule has 15 heavy (non-hydrogen) atoms. The average Bonchev–Trinajstić information content (AvgIpc) is 2.65. The molecule has 0 aliphatic heterocycles. The van der Waals surface area contributed by atoms with Gasteiger partial charge in [-0.3, -0.25) is 4.68 Å². The summed E-state index contributed by atoms with van der Waals surface area (Å²) >= 11 is 0. The van der Waals surface area contributed by atoms with Crippen molar-refractivity contribution in [3.05, 3.63) is 18.0 Å². The van der Waals surface area contributed by atoms with Crippen LogP contribution in [0.4, 0.5) is 0 Å². The molecule has 2 saturated carbocycles. The Labute approximate surface area is 90.7 Å². The van der Waals surface area contributed by atoms with E-state index in [-0.39, 0.29) is 0 Å². The Bertz CT molecular complexity index is 359. The Morgan fingerprint density at radius 1 is 1.53 bits per heavy atom. The highest BCUT2D eigenvalue weighted by Gasteiger charge is 2.52. The molecular weight excluding hydrogens is 186 g/mol. The number of nitrogens with two attached hydrogens (primary N) is 1. The molecule has 3 rings (SSSR count). The lowest BCUT2D eigenvalue weighted by molar-refractivity contribution is 0.273. The first-order valence-electron chi connectivity index (χ1n) is 5.88. The molecule has 2 unspecified atom stereocenters. The molecular formula is C12H19N3. The second kappa shape index (κ2) is 3.08. The van der Waals surface area contributed by atoms with E-state index < -0.39 is 0 Å². The van der Waals surface area contributed by atoms with Crippen LogP contribution in [0.15, 0.2) is 12.4 Å². The van der Waals surface area contributed by atoms with Crippen molar-refractivity contribution in [3.63, 3.8) is 0 Å². The maximum Gasteiger partial charge on any atom is 0.0521 e. The third kappa shape index (κ3) is 1.59. The van der Waals surface area contributed by atoms with Crippen molar-refractivity contribution >= 4 is 0 Å². The zero-order valence-electron chi connectivity index (χ0n) is 9.32. The van der Waals surface area contributed by atoms with E-state index in [1.807, 2.05) is 17.9 Å². The van der Waals surface area contributed by atoms with Gasteiger partial charge in [-0.1, -0.05) is 0 Å². The Morgan fingerprint density at radius 2 is 2.27 bits per heavy atom. The van der Waals surface area contributed by atoms with Crippen molar-refractivity contribution in [3.8, 4) is 0 Å². The number of nitrogens with zero attached hydrogens (tertiary/aromatic N) is 2. The molecule has 2 atom stereocenters. The van der Waals surface area contributed by atoms with Crippen LogP contribution in [0.25, 0.3) is 0 Å². The summed E-state index contributed by atoms with van der Waals surface area (Å²) in [5, 5.41) is 4.23. The number of rotatable bonds is 3. The van der Waals surface area contributed by atoms with Gasteiger partial charge in [0.25, 0.3) is 0 Å². The molecule has 1 aromatic heterocycles. The van der Waals surface area contributed by atoms with Crippen molar-refractivity contribution in [2.45, 2.75) is 25.7 Å². The molecule has 2 aliphatic carbocycles. The van der Waals surface area contributed by atoms with Crippen molar-refractivity contribution in [2.75, 3.05) is 6.54 Å². The van der Waals surface area contributed by atoms with Crippen LogP contribution in [0.5, 0.6) is 0 Å². The van der Waals surface area contributed by atoms with Gasteiger partial charge in [0.05, 0.1) is 6.20 Å². The molecule has 3 nitrogen and oxygen atoms in total. The van der Waals surface area contributed by atoms with Crippen LogP contribution in [0.2, 0.25) is 0 Å². The van der Waals surface area contributed by atoms with Gasteiger partial charge in [-0.05, 0) is 55.0 Å². The molecule has 0 spiro atoms. The molecule has 0 radical (unpaired) electrons. The zero-order valence-corrected chi connectivity index (χ0v) is 9.32. The molecule has 1 aromatic rings. The van der Waals surface area contributed by atoms with Crippen LogP contribution >= 0.6 is 0 Å². The van der Waals surface area contributed by atoms with E-state index in [9.17, 15) is 0 Å². The predicted octanol–water partition coefficient (Wildman–Crippen LogP) is 1.34. The van der Waals surface area contributed by atoms with Gasteiger partial charge in [-0.25, -0.2) is 0 Å². The molecule has 0 amide bonds. The van der Waals surface area contributed by atoms with Crippen LogP contribution in [0.1, 0.15) is 24.8 Å². The third-order valence-corrected chi connectivity index (χ3v) is 4.23. The average molecular weight is 205 g/mol. The van der Waals surface area contributed by atoms with E-state index >= 15 is 0 Å². The SMILES string of the molecule is Cn1cc(CC2(CN)CC3CC3C2)cn1. The largest absolute Gasteiger partial charge is 0.330 e. The summed E-state index contributed by atoms with van der Waals surface area (Å²) in [5.74, 6) is 2.01. The lowest BCUT2D eigenvalue weighted by Gasteiger charge is -2.28. The lowest BCUT2D eigenvalue weighted by Crippen LogP contribution is -2.31. The fourth-order valence-corrected chi connectivity index (χ4v) is 3.39. The summed E-state index contributed by atoms with van der Waals surface area (Å²) in [7, 11) is 1.98. The van der Waals surface area contributed by atoms with E-state index in [1.165, 1.54) is 24.8 Å². The maximum absolute atomic E-state index is 5.98. The number of hydrogen-bond acceptors (Lipinski definition) is 2. The van der Waals surface area contributed by atoms with Gasteiger partial charge in [-0.15, -0.1) is 0 Å². The zero-order chi connectivity index (χ0) is 10.5. The number of aryl methyl sites for hydroxylation is 1. The van der Waals surface area contributed by atoms with Crippen molar-refractivity contribution in [1.29, 1.82) is 0 Å². The number of fused-ring (bicyclic) bond motifs is 1. The van der Waals surface area contributed by atoms with Crippen LogP contribution in [0.3, 0.4) is 0 Å². The molecule has 2 fully saturated rings. The number of hydrogen-bond donors (Lipinski definition) is 1. The first-order chi connectivity index (χ1) is 7.21. The first-order valence-corrected chi connectivity index (χ1v) is 5.88. The normalized spacial score (nSPS) is 38.0. The van der Waals surface area contributed by atoms with Crippen molar-refractivity contribution in [2.24, 2.45) is 30.0 Å². The molecule has 0 bridgehead atoms. The van der Waals surface area contributed by atoms with Gasteiger partial charge in [0.1, 0.15) is 0 Å². The molecule has 0 aromatic carbocycles. The van der Waals surface area contributed by atoms with E-state index in [0.717, 1.165) is 24.8 Å². The fourth-order valence-electron chi connectivity index (χ4n) is 3.39. The van der Waals surface area contributed by atoms with Crippen LogP contribution in [0, 0.1) is 17.3 Å². The molecule has 82 valence electrons. The van der Waals surface area contributed by atoms with Gasteiger partial charge < -0.3 is 5.73 Å². The Kier molecular flexibility index (Phi) is 1.93. The predicted molar refractivity (Wildman–Crippen MR) is 59.2 cm³/mol. The van der Waals surface area contributed by atoms with E-state index in [0.29, 0.717) is 5.41 Å².